The van der Waals surface area contributed by atoms with E-state index >= 15 is 0 Å². The van der Waals surface area contributed by atoms with Gasteiger partial charge in [0, 0.05) is 17.0 Å². The second-order valence-electron chi connectivity index (χ2n) is 5.20. The molecule has 0 saturated heterocycles. The molecule has 128 valence electrons. The fourth-order valence-corrected chi connectivity index (χ4v) is 3.25. The van der Waals surface area contributed by atoms with Gasteiger partial charge in [0.15, 0.2) is 5.13 Å². The van der Waals surface area contributed by atoms with Gasteiger partial charge in [0.1, 0.15) is 4.88 Å². The largest absolute Gasteiger partial charge is 0.462 e. The van der Waals surface area contributed by atoms with E-state index in [0.29, 0.717) is 21.5 Å². The molecule has 0 unspecified atom stereocenters. The summed E-state index contributed by atoms with van der Waals surface area (Å²) >= 11 is 1.04. The number of aromatic amines is 1. The summed E-state index contributed by atoms with van der Waals surface area (Å²) in [5, 5.41) is 3.54. The van der Waals surface area contributed by atoms with Gasteiger partial charge in [-0.1, -0.05) is 29.5 Å². The van der Waals surface area contributed by atoms with Crippen molar-refractivity contribution in [1.82, 2.24) is 9.97 Å². The number of para-hydroxylation sites is 1. The predicted molar refractivity (Wildman–Crippen MR) is 95.3 cm³/mol. The van der Waals surface area contributed by atoms with E-state index in [1.54, 1.807) is 38.1 Å². The summed E-state index contributed by atoms with van der Waals surface area (Å²) in [5.74, 6) is -0.939. The number of esters is 1. The minimum atomic E-state index is -0.473. The van der Waals surface area contributed by atoms with E-state index in [0.717, 1.165) is 11.3 Å². The van der Waals surface area contributed by atoms with Crippen LogP contribution in [0.4, 0.5) is 5.13 Å². The molecule has 3 rings (SSSR count). The molecule has 0 aliphatic rings. The Hall–Kier alpha value is -3.00. The Balaban J connectivity index is 1.92. The first-order valence-electron chi connectivity index (χ1n) is 7.57. The molecular weight excluding hydrogens is 342 g/mol. The van der Waals surface area contributed by atoms with Crippen LogP contribution in [0.25, 0.3) is 10.9 Å². The van der Waals surface area contributed by atoms with Crippen molar-refractivity contribution < 1.29 is 14.3 Å². The van der Waals surface area contributed by atoms with Crippen molar-refractivity contribution in [3.8, 4) is 0 Å². The molecule has 25 heavy (non-hydrogen) atoms. The zero-order valence-electron chi connectivity index (χ0n) is 13.6. The summed E-state index contributed by atoms with van der Waals surface area (Å²) in [5.41, 5.74) is 0.925. The Labute approximate surface area is 146 Å². The number of H-pyrrole nitrogens is 1. The normalized spacial score (nSPS) is 10.6. The third-order valence-corrected chi connectivity index (χ3v) is 4.53. The van der Waals surface area contributed by atoms with Crippen LogP contribution in [0.5, 0.6) is 0 Å². The molecule has 0 radical (unpaired) electrons. The quantitative estimate of drug-likeness (QED) is 0.699. The topological polar surface area (TPSA) is 101 Å². The van der Waals surface area contributed by atoms with Crippen molar-refractivity contribution in [3.05, 3.63) is 56.8 Å². The van der Waals surface area contributed by atoms with Crippen molar-refractivity contribution in [3.63, 3.8) is 0 Å². The number of aryl methyl sites for hydroxylation is 1. The number of nitrogens with zero attached hydrogens (tertiary/aromatic N) is 1. The number of hydrogen-bond acceptors (Lipinski definition) is 6. The van der Waals surface area contributed by atoms with Crippen molar-refractivity contribution in [2.75, 3.05) is 11.9 Å². The smallest absolute Gasteiger partial charge is 0.350 e. The number of pyridine rings is 1. The highest BCUT2D eigenvalue weighted by molar-refractivity contribution is 7.17. The SMILES string of the molecule is CCOC(=O)c1sc(NC(=O)c2cc(=O)[nH]c3ccccc23)nc1C. The van der Waals surface area contributed by atoms with E-state index in [2.05, 4.69) is 15.3 Å². The lowest BCUT2D eigenvalue weighted by Gasteiger charge is -2.05. The monoisotopic (exact) mass is 357 g/mol. The van der Waals surface area contributed by atoms with Crippen molar-refractivity contribution in [2.45, 2.75) is 13.8 Å². The van der Waals surface area contributed by atoms with Crippen molar-refractivity contribution in [2.24, 2.45) is 0 Å². The van der Waals surface area contributed by atoms with Crippen molar-refractivity contribution in [1.29, 1.82) is 0 Å². The number of fused-ring (bicyclic) bond motifs is 1. The molecule has 1 aromatic carbocycles. The van der Waals surface area contributed by atoms with E-state index in [-0.39, 0.29) is 22.9 Å². The number of rotatable bonds is 4. The molecule has 8 heteroatoms. The molecule has 3 aromatic rings. The first kappa shape index (κ1) is 16.8. The molecule has 0 saturated carbocycles. The molecule has 0 aliphatic carbocycles. The maximum absolute atomic E-state index is 12.6. The first-order valence-corrected chi connectivity index (χ1v) is 8.39. The van der Waals surface area contributed by atoms with E-state index in [1.165, 1.54) is 6.07 Å². The molecule has 2 aromatic heterocycles. The van der Waals surface area contributed by atoms with Gasteiger partial charge in [-0.25, -0.2) is 9.78 Å². The molecule has 0 spiro atoms. The Morgan fingerprint density at radius 1 is 1.32 bits per heavy atom. The van der Waals surface area contributed by atoms with Crippen LogP contribution < -0.4 is 10.9 Å². The molecule has 2 N–H and O–H groups in total. The Morgan fingerprint density at radius 2 is 2.08 bits per heavy atom. The van der Waals surface area contributed by atoms with Crippen LogP contribution >= 0.6 is 11.3 Å². The van der Waals surface area contributed by atoms with Crippen LogP contribution in [0.3, 0.4) is 0 Å². The number of anilines is 1. The van der Waals surface area contributed by atoms with Crippen LogP contribution in [-0.4, -0.2) is 28.5 Å². The molecule has 0 fully saturated rings. The van der Waals surface area contributed by atoms with Gasteiger partial charge in [0.25, 0.3) is 5.91 Å². The highest BCUT2D eigenvalue weighted by Crippen LogP contribution is 2.24. The number of hydrogen-bond donors (Lipinski definition) is 2. The number of benzene rings is 1. The zero-order valence-corrected chi connectivity index (χ0v) is 14.4. The number of aromatic nitrogens is 2. The van der Waals surface area contributed by atoms with Crippen LogP contribution in [0, 0.1) is 6.92 Å². The molecule has 1 amide bonds. The third kappa shape index (κ3) is 3.43. The first-order chi connectivity index (χ1) is 12.0. The number of carbonyl (C=O) groups excluding carboxylic acids is 2. The molecule has 7 nitrogen and oxygen atoms in total. The van der Waals surface area contributed by atoms with Gasteiger partial charge in [-0.15, -0.1) is 0 Å². The van der Waals surface area contributed by atoms with E-state index in [9.17, 15) is 14.4 Å². The second kappa shape index (κ2) is 6.86. The minimum absolute atomic E-state index is 0.241. The summed E-state index contributed by atoms with van der Waals surface area (Å²) in [7, 11) is 0. The van der Waals surface area contributed by atoms with E-state index in [4.69, 9.17) is 4.74 Å². The lowest BCUT2D eigenvalue weighted by Crippen LogP contribution is -2.16. The Morgan fingerprint density at radius 3 is 2.84 bits per heavy atom. The Kier molecular flexibility index (Phi) is 4.62. The second-order valence-corrected chi connectivity index (χ2v) is 6.20. The maximum atomic E-state index is 12.6. The van der Waals surface area contributed by atoms with Crippen molar-refractivity contribution >= 4 is 39.2 Å². The van der Waals surface area contributed by atoms with Gasteiger partial charge in [0.05, 0.1) is 17.9 Å². The van der Waals surface area contributed by atoms with Gasteiger partial charge in [0.2, 0.25) is 5.56 Å². The summed E-state index contributed by atoms with van der Waals surface area (Å²) in [4.78, 5) is 43.4. The summed E-state index contributed by atoms with van der Waals surface area (Å²) in [6.45, 7) is 3.65. The zero-order chi connectivity index (χ0) is 18.0. The number of thiazole rings is 1. The van der Waals surface area contributed by atoms with Crippen LogP contribution in [0.2, 0.25) is 0 Å². The highest BCUT2D eigenvalue weighted by atomic mass is 32.1. The van der Waals surface area contributed by atoms with Gasteiger partial charge >= 0.3 is 5.97 Å². The molecule has 0 aliphatic heterocycles. The van der Waals surface area contributed by atoms with Gasteiger partial charge in [-0.2, -0.15) is 0 Å². The van der Waals surface area contributed by atoms with E-state index in [1.807, 2.05) is 0 Å². The maximum Gasteiger partial charge on any atom is 0.350 e. The van der Waals surface area contributed by atoms with Gasteiger partial charge < -0.3 is 9.72 Å². The number of ether oxygens (including phenoxy) is 1. The highest BCUT2D eigenvalue weighted by Gasteiger charge is 2.19. The van der Waals surface area contributed by atoms with Crippen LogP contribution in [0.15, 0.2) is 35.1 Å². The third-order valence-electron chi connectivity index (χ3n) is 3.47. The van der Waals surface area contributed by atoms with Crippen LogP contribution in [0.1, 0.15) is 32.6 Å². The fraction of sp³-hybridized carbons (Fsp3) is 0.176. The number of carbonyl (C=O) groups is 2. The average molecular weight is 357 g/mol. The summed E-state index contributed by atoms with van der Waals surface area (Å²) in [6, 6.07) is 8.27. The van der Waals surface area contributed by atoms with Gasteiger partial charge in [-0.05, 0) is 19.9 Å². The number of amides is 1. The van der Waals surface area contributed by atoms with Gasteiger partial charge in [-0.3, -0.25) is 14.9 Å². The van der Waals surface area contributed by atoms with Crippen LogP contribution in [-0.2, 0) is 4.74 Å². The fourth-order valence-electron chi connectivity index (χ4n) is 2.39. The molecular formula is C17H15N3O4S. The predicted octanol–water partition coefficient (Wildman–Crippen LogP) is 2.72. The number of nitrogens with one attached hydrogen (secondary N) is 2. The Bertz CT molecular complexity index is 1020. The molecule has 0 atom stereocenters. The lowest BCUT2D eigenvalue weighted by molar-refractivity contribution is 0.0531. The lowest BCUT2D eigenvalue weighted by atomic mass is 10.1. The van der Waals surface area contributed by atoms with E-state index < -0.39 is 11.9 Å². The standard InChI is InChI=1S/C17H15N3O4S/c1-3-24-16(23)14-9(2)18-17(25-14)20-15(22)11-8-13(21)19-12-7-5-4-6-10(11)12/h4-8H,3H2,1-2H3,(H,19,21)(H,18,20,22). The summed E-state index contributed by atoms with van der Waals surface area (Å²) in [6.07, 6.45) is 0. The minimum Gasteiger partial charge on any atom is -0.462 e. The molecule has 0 bridgehead atoms. The summed E-state index contributed by atoms with van der Waals surface area (Å²) < 4.78 is 4.96. The molecule has 2 heterocycles. The average Bonchev–Trinajstić information content (AvgIpc) is 2.94.